The summed E-state index contributed by atoms with van der Waals surface area (Å²) in [5.41, 5.74) is 1.58. The first kappa shape index (κ1) is 15.1. The molecule has 0 aliphatic carbocycles. The number of ketones is 1. The molecular weight excluding hydrogens is 268 g/mol. The monoisotopic (exact) mass is 286 g/mol. The van der Waals surface area contributed by atoms with E-state index in [1.807, 2.05) is 24.3 Å². The molecule has 0 aliphatic heterocycles. The topological polar surface area (TPSA) is 44.8 Å². The fourth-order valence-electron chi connectivity index (χ4n) is 1.86. The van der Waals surface area contributed by atoms with E-state index < -0.39 is 0 Å². The van der Waals surface area contributed by atoms with Gasteiger partial charge < -0.3 is 14.2 Å². The third-order valence-electron chi connectivity index (χ3n) is 3.05. The van der Waals surface area contributed by atoms with Crippen LogP contribution in [0.4, 0.5) is 0 Å². The van der Waals surface area contributed by atoms with Crippen molar-refractivity contribution in [3.05, 3.63) is 59.7 Å². The summed E-state index contributed by atoms with van der Waals surface area (Å²) in [6, 6.07) is 14.6. The summed E-state index contributed by atoms with van der Waals surface area (Å²) in [6.45, 7) is 0.429. The van der Waals surface area contributed by atoms with Crippen LogP contribution in [0.2, 0.25) is 0 Å². The minimum Gasteiger partial charge on any atom is -0.497 e. The van der Waals surface area contributed by atoms with E-state index in [0.717, 1.165) is 11.3 Å². The van der Waals surface area contributed by atoms with Gasteiger partial charge in [-0.05, 0) is 29.8 Å². The van der Waals surface area contributed by atoms with Crippen LogP contribution in [0, 0.1) is 0 Å². The van der Waals surface area contributed by atoms with Crippen molar-refractivity contribution in [3.8, 4) is 11.5 Å². The van der Waals surface area contributed by atoms with Gasteiger partial charge in [0.25, 0.3) is 0 Å². The fourth-order valence-corrected chi connectivity index (χ4v) is 1.86. The van der Waals surface area contributed by atoms with Gasteiger partial charge in [-0.25, -0.2) is 0 Å². The highest BCUT2D eigenvalue weighted by Crippen LogP contribution is 2.14. The lowest BCUT2D eigenvalue weighted by atomic mass is 10.1. The second kappa shape index (κ2) is 7.45. The van der Waals surface area contributed by atoms with Crippen molar-refractivity contribution < 1.29 is 19.0 Å². The third-order valence-corrected chi connectivity index (χ3v) is 3.05. The van der Waals surface area contributed by atoms with Gasteiger partial charge in [-0.1, -0.05) is 24.3 Å². The number of rotatable bonds is 7. The molecule has 0 N–H and O–H groups in total. The Morgan fingerprint density at radius 2 is 1.67 bits per heavy atom. The molecule has 4 nitrogen and oxygen atoms in total. The summed E-state index contributed by atoms with van der Waals surface area (Å²) in [5.74, 6) is 1.39. The SMILES string of the molecule is COc1ccc(COCC(=O)c2cccc(OC)c2)cc1. The van der Waals surface area contributed by atoms with Crippen LogP contribution >= 0.6 is 0 Å². The van der Waals surface area contributed by atoms with Crippen molar-refractivity contribution in [1.82, 2.24) is 0 Å². The lowest BCUT2D eigenvalue weighted by Crippen LogP contribution is -2.09. The van der Waals surface area contributed by atoms with Crippen LogP contribution < -0.4 is 9.47 Å². The number of ether oxygens (including phenoxy) is 3. The van der Waals surface area contributed by atoms with Crippen LogP contribution in [0.5, 0.6) is 11.5 Å². The Hall–Kier alpha value is -2.33. The number of carbonyl (C=O) groups excluding carboxylic acids is 1. The third kappa shape index (κ3) is 4.33. The van der Waals surface area contributed by atoms with Gasteiger partial charge in [0.15, 0.2) is 5.78 Å². The number of hydrogen-bond donors (Lipinski definition) is 0. The van der Waals surface area contributed by atoms with Crippen molar-refractivity contribution in [3.63, 3.8) is 0 Å². The zero-order chi connectivity index (χ0) is 15.1. The minimum absolute atomic E-state index is 0.0409. The maximum Gasteiger partial charge on any atom is 0.188 e. The summed E-state index contributed by atoms with van der Waals surface area (Å²) in [6.07, 6.45) is 0. The Morgan fingerprint density at radius 1 is 0.952 bits per heavy atom. The average molecular weight is 286 g/mol. The summed E-state index contributed by atoms with van der Waals surface area (Å²) >= 11 is 0. The van der Waals surface area contributed by atoms with Gasteiger partial charge in [0.1, 0.15) is 18.1 Å². The second-order valence-corrected chi connectivity index (χ2v) is 4.50. The highest BCUT2D eigenvalue weighted by atomic mass is 16.5. The number of hydrogen-bond acceptors (Lipinski definition) is 4. The fraction of sp³-hybridized carbons (Fsp3) is 0.235. The average Bonchev–Trinajstić information content (AvgIpc) is 2.55. The van der Waals surface area contributed by atoms with E-state index in [2.05, 4.69) is 0 Å². The second-order valence-electron chi connectivity index (χ2n) is 4.50. The van der Waals surface area contributed by atoms with Crippen molar-refractivity contribution in [2.24, 2.45) is 0 Å². The van der Waals surface area contributed by atoms with Crippen molar-refractivity contribution in [2.45, 2.75) is 6.61 Å². The van der Waals surface area contributed by atoms with Crippen LogP contribution in [-0.2, 0) is 11.3 Å². The van der Waals surface area contributed by atoms with E-state index in [0.29, 0.717) is 17.9 Å². The van der Waals surface area contributed by atoms with E-state index in [4.69, 9.17) is 14.2 Å². The number of methoxy groups -OCH3 is 2. The summed E-state index contributed by atoms with van der Waals surface area (Å²) in [5, 5.41) is 0. The van der Waals surface area contributed by atoms with Crippen molar-refractivity contribution in [2.75, 3.05) is 20.8 Å². The molecular formula is C17H18O4. The lowest BCUT2D eigenvalue weighted by Gasteiger charge is -2.06. The van der Waals surface area contributed by atoms with Gasteiger partial charge in [0, 0.05) is 5.56 Å². The molecule has 0 radical (unpaired) electrons. The van der Waals surface area contributed by atoms with Crippen LogP contribution in [0.15, 0.2) is 48.5 Å². The first-order valence-corrected chi connectivity index (χ1v) is 6.61. The molecule has 0 spiro atoms. The van der Waals surface area contributed by atoms with Gasteiger partial charge in [-0.2, -0.15) is 0 Å². The molecule has 2 rings (SSSR count). The van der Waals surface area contributed by atoms with Crippen LogP contribution in [0.3, 0.4) is 0 Å². The molecule has 0 unspecified atom stereocenters. The highest BCUT2D eigenvalue weighted by Gasteiger charge is 2.07. The van der Waals surface area contributed by atoms with Gasteiger partial charge >= 0.3 is 0 Å². The Labute approximate surface area is 124 Å². The first-order chi connectivity index (χ1) is 10.2. The van der Waals surface area contributed by atoms with E-state index in [-0.39, 0.29) is 12.4 Å². The Balaban J connectivity index is 1.85. The maximum absolute atomic E-state index is 12.0. The maximum atomic E-state index is 12.0. The van der Waals surface area contributed by atoms with Crippen LogP contribution in [-0.4, -0.2) is 26.6 Å². The lowest BCUT2D eigenvalue weighted by molar-refractivity contribution is 0.0726. The number of Topliss-reactive ketones (excluding diaryl/α,β-unsaturated/α-hetero) is 1. The Bertz CT molecular complexity index is 590. The largest absolute Gasteiger partial charge is 0.497 e. The molecule has 0 amide bonds. The molecule has 2 aromatic rings. The zero-order valence-electron chi connectivity index (χ0n) is 12.2. The van der Waals surface area contributed by atoms with E-state index in [9.17, 15) is 4.79 Å². The van der Waals surface area contributed by atoms with Gasteiger partial charge in [0.05, 0.1) is 20.8 Å². The molecule has 0 fully saturated rings. The van der Waals surface area contributed by atoms with E-state index in [1.54, 1.807) is 38.5 Å². The molecule has 110 valence electrons. The molecule has 21 heavy (non-hydrogen) atoms. The molecule has 0 heterocycles. The molecule has 4 heteroatoms. The normalized spacial score (nSPS) is 10.2. The summed E-state index contributed by atoms with van der Waals surface area (Å²) in [4.78, 5) is 12.0. The minimum atomic E-state index is -0.0672. The van der Waals surface area contributed by atoms with Crippen molar-refractivity contribution >= 4 is 5.78 Å². The zero-order valence-corrected chi connectivity index (χ0v) is 12.2. The predicted octanol–water partition coefficient (Wildman–Crippen LogP) is 3.10. The molecule has 0 saturated carbocycles. The molecule has 0 bridgehead atoms. The van der Waals surface area contributed by atoms with Crippen LogP contribution in [0.1, 0.15) is 15.9 Å². The molecule has 0 aliphatic rings. The quantitative estimate of drug-likeness (QED) is 0.734. The van der Waals surface area contributed by atoms with Crippen LogP contribution in [0.25, 0.3) is 0 Å². The molecule has 2 aromatic carbocycles. The number of carbonyl (C=O) groups is 1. The number of benzene rings is 2. The Kier molecular flexibility index (Phi) is 5.35. The van der Waals surface area contributed by atoms with Gasteiger partial charge in [-0.15, -0.1) is 0 Å². The Morgan fingerprint density at radius 3 is 2.33 bits per heavy atom. The first-order valence-electron chi connectivity index (χ1n) is 6.61. The molecule has 0 aromatic heterocycles. The van der Waals surface area contributed by atoms with Gasteiger partial charge in [-0.3, -0.25) is 4.79 Å². The predicted molar refractivity (Wildman–Crippen MR) is 80.0 cm³/mol. The molecule has 0 saturated heterocycles. The van der Waals surface area contributed by atoms with E-state index >= 15 is 0 Å². The highest BCUT2D eigenvalue weighted by molar-refractivity contribution is 5.97. The standard InChI is InChI=1S/C17H18O4/c1-19-15-8-6-13(7-9-15)11-21-12-17(18)14-4-3-5-16(10-14)20-2/h3-10H,11-12H2,1-2H3. The molecule has 0 atom stereocenters. The van der Waals surface area contributed by atoms with Crippen molar-refractivity contribution in [1.29, 1.82) is 0 Å². The smallest absolute Gasteiger partial charge is 0.188 e. The summed E-state index contributed by atoms with van der Waals surface area (Å²) < 4.78 is 15.6. The van der Waals surface area contributed by atoms with E-state index in [1.165, 1.54) is 0 Å². The van der Waals surface area contributed by atoms with Gasteiger partial charge in [0.2, 0.25) is 0 Å². The summed E-state index contributed by atoms with van der Waals surface area (Å²) in [7, 11) is 3.20.